The Kier molecular flexibility index (Phi) is 11.6. The number of aryl methyl sites for hydroxylation is 1. The molecule has 1 amide bonds. The lowest BCUT2D eigenvalue weighted by molar-refractivity contribution is -0.137. The number of sulfonamides is 1. The van der Waals surface area contributed by atoms with E-state index in [0.29, 0.717) is 30.2 Å². The van der Waals surface area contributed by atoms with E-state index in [1.165, 1.54) is 22.8 Å². The van der Waals surface area contributed by atoms with Gasteiger partial charge in [0.15, 0.2) is 0 Å². The van der Waals surface area contributed by atoms with Crippen LogP contribution in [0.15, 0.2) is 59.4 Å². The van der Waals surface area contributed by atoms with Crippen molar-refractivity contribution in [3.8, 4) is 11.5 Å². The molecule has 0 saturated heterocycles. The van der Waals surface area contributed by atoms with Crippen molar-refractivity contribution in [1.29, 1.82) is 0 Å². The molecule has 1 heterocycles. The number of carbonyl (C=O) groups is 2. The van der Waals surface area contributed by atoms with Gasteiger partial charge in [0, 0.05) is 24.6 Å². The van der Waals surface area contributed by atoms with Crippen LogP contribution in [-0.4, -0.2) is 42.3 Å². The maximum Gasteiger partial charge on any atom is 0.303 e. The molecule has 0 unspecified atom stereocenters. The molecule has 0 saturated carbocycles. The van der Waals surface area contributed by atoms with Gasteiger partial charge < -0.3 is 19.1 Å². The van der Waals surface area contributed by atoms with Gasteiger partial charge in [0.05, 0.1) is 23.1 Å². The molecule has 2 aromatic carbocycles. The molecule has 3 rings (SSSR count). The van der Waals surface area contributed by atoms with Crippen LogP contribution in [0.25, 0.3) is 0 Å². The van der Waals surface area contributed by atoms with Crippen molar-refractivity contribution in [2.24, 2.45) is 0 Å². The number of hydrogen-bond donors (Lipinski definition) is 2. The fraction of sp³-hybridized carbons (Fsp3) is 0.321. The van der Waals surface area contributed by atoms with Crippen LogP contribution in [0.5, 0.6) is 11.5 Å². The second kappa shape index (κ2) is 14.9. The summed E-state index contributed by atoms with van der Waals surface area (Å²) in [6, 6.07) is 14.7. The lowest BCUT2D eigenvalue weighted by Gasteiger charge is -2.16. The van der Waals surface area contributed by atoms with Crippen molar-refractivity contribution in [2.45, 2.75) is 45.8 Å². The highest BCUT2D eigenvalue weighted by Crippen LogP contribution is 2.24. The molecule has 0 spiro atoms. The van der Waals surface area contributed by atoms with Crippen molar-refractivity contribution in [2.75, 3.05) is 12.4 Å². The molecule has 1 aromatic heterocycles. The van der Waals surface area contributed by atoms with Gasteiger partial charge in [-0.1, -0.05) is 41.4 Å². The molecule has 10 nitrogen and oxygen atoms in total. The van der Waals surface area contributed by atoms with Crippen molar-refractivity contribution in [1.82, 2.24) is 9.29 Å². The number of nitrogens with one attached hydrogen (secondary N) is 1. The van der Waals surface area contributed by atoms with E-state index in [4.69, 9.17) is 37.8 Å². The van der Waals surface area contributed by atoms with Gasteiger partial charge in [-0.25, -0.2) is 13.1 Å². The summed E-state index contributed by atoms with van der Waals surface area (Å²) >= 11 is 12.5. The first kappa shape index (κ1) is 32.0. The molecular formula is C28H30Cl2N2O8S. The highest BCUT2D eigenvalue weighted by Gasteiger charge is 2.17. The summed E-state index contributed by atoms with van der Waals surface area (Å²) in [5.74, 6) is -0.971. The Bertz CT molecular complexity index is 1540. The van der Waals surface area contributed by atoms with Gasteiger partial charge >= 0.3 is 5.97 Å². The number of amides is 1. The Balaban J connectivity index is 1.65. The number of ether oxygens (including phenoxy) is 2. The van der Waals surface area contributed by atoms with Crippen LogP contribution >= 0.6 is 23.2 Å². The third-order valence-electron chi connectivity index (χ3n) is 5.94. The number of pyridine rings is 1. The molecule has 220 valence electrons. The van der Waals surface area contributed by atoms with E-state index in [2.05, 4.69) is 0 Å². The average molecular weight is 626 g/mol. The summed E-state index contributed by atoms with van der Waals surface area (Å²) in [7, 11) is -3.91. The number of halogens is 2. The van der Waals surface area contributed by atoms with Crippen molar-refractivity contribution in [3.05, 3.63) is 91.8 Å². The molecule has 0 fully saturated rings. The highest BCUT2D eigenvalue weighted by molar-refractivity contribution is 7.90. The first-order valence-electron chi connectivity index (χ1n) is 12.8. The van der Waals surface area contributed by atoms with Crippen LogP contribution < -0.4 is 19.8 Å². The molecule has 0 bridgehead atoms. The monoisotopic (exact) mass is 624 g/mol. The zero-order valence-corrected chi connectivity index (χ0v) is 24.6. The Morgan fingerprint density at radius 2 is 1.66 bits per heavy atom. The molecule has 0 aliphatic carbocycles. The summed E-state index contributed by atoms with van der Waals surface area (Å²) in [5, 5.41) is 8.88. The minimum absolute atomic E-state index is 0.00467. The quantitative estimate of drug-likeness (QED) is 0.232. The number of benzene rings is 2. The summed E-state index contributed by atoms with van der Waals surface area (Å²) in [4.78, 5) is 35.9. The Labute approximate surface area is 247 Å². The van der Waals surface area contributed by atoms with Gasteiger partial charge in [-0.05, 0) is 62.1 Å². The number of carboxylic acid groups (broad SMARTS) is 1. The fourth-order valence-electron chi connectivity index (χ4n) is 3.88. The molecule has 0 radical (unpaired) electrons. The maximum atomic E-state index is 12.9. The average Bonchev–Trinajstić information content (AvgIpc) is 2.92. The van der Waals surface area contributed by atoms with E-state index in [-0.39, 0.29) is 53.8 Å². The molecular weight excluding hydrogens is 595 g/mol. The summed E-state index contributed by atoms with van der Waals surface area (Å²) in [5.41, 5.74) is 0.918. The Morgan fingerprint density at radius 3 is 2.32 bits per heavy atom. The normalized spacial score (nSPS) is 11.2. The van der Waals surface area contributed by atoms with Gasteiger partial charge in [0.1, 0.15) is 23.1 Å². The van der Waals surface area contributed by atoms with Gasteiger partial charge in [0.2, 0.25) is 10.0 Å². The second-order valence-corrected chi connectivity index (χ2v) is 11.6. The van der Waals surface area contributed by atoms with E-state index < -0.39 is 27.5 Å². The minimum Gasteiger partial charge on any atom is -0.494 e. The van der Waals surface area contributed by atoms with Gasteiger partial charge in [-0.2, -0.15) is 0 Å². The highest BCUT2D eigenvalue weighted by atomic mass is 35.5. The third-order valence-corrected chi connectivity index (χ3v) is 7.86. The first-order valence-corrected chi connectivity index (χ1v) is 15.2. The minimum atomic E-state index is -3.91. The molecule has 0 aliphatic heterocycles. The van der Waals surface area contributed by atoms with E-state index >= 15 is 0 Å². The van der Waals surface area contributed by atoms with E-state index in [1.54, 1.807) is 36.4 Å². The second-order valence-electron chi connectivity index (χ2n) is 8.99. The molecule has 41 heavy (non-hydrogen) atoms. The molecule has 3 aromatic rings. The number of nitrogens with zero attached hydrogens (tertiary/aromatic N) is 1. The largest absolute Gasteiger partial charge is 0.494 e. The summed E-state index contributed by atoms with van der Waals surface area (Å²) in [6.45, 7) is 2.60. The molecule has 2 N–H and O–H groups in total. The Hall–Kier alpha value is -3.54. The van der Waals surface area contributed by atoms with Crippen molar-refractivity contribution >= 4 is 45.1 Å². The molecule has 13 heteroatoms. The van der Waals surface area contributed by atoms with Crippen LogP contribution in [0, 0.1) is 0 Å². The SMILES string of the molecule is CCOc1cccc(OCc2c(Cl)cc(Cl)c(=O)n2CCc2ccc(C(=O)NS(=O)(=O)CCCCC(=O)O)cc2)c1. The number of carboxylic acids is 1. The van der Waals surface area contributed by atoms with Crippen LogP contribution in [0.4, 0.5) is 0 Å². The number of hydrogen-bond acceptors (Lipinski definition) is 7. The van der Waals surface area contributed by atoms with E-state index in [1.807, 2.05) is 11.6 Å². The third kappa shape index (κ3) is 9.80. The lowest BCUT2D eigenvalue weighted by Crippen LogP contribution is -2.32. The van der Waals surface area contributed by atoms with Gasteiger partial charge in [-0.15, -0.1) is 0 Å². The van der Waals surface area contributed by atoms with Gasteiger partial charge in [-0.3, -0.25) is 14.4 Å². The van der Waals surface area contributed by atoms with E-state index in [9.17, 15) is 22.8 Å². The predicted molar refractivity (Wildman–Crippen MR) is 156 cm³/mol. The standard InChI is InChI=1S/C28H30Cl2N2O8S/c1-2-39-21-6-5-7-22(16-21)40-18-25-23(29)17-24(30)28(36)32(25)14-13-19-9-11-20(12-10-19)27(35)31-41(37,38)15-4-3-8-26(33)34/h5-7,9-12,16-17H,2-4,8,13-15,18H2,1H3,(H,31,35)(H,33,34). The topological polar surface area (TPSA) is 141 Å². The molecule has 0 atom stereocenters. The lowest BCUT2D eigenvalue weighted by atomic mass is 10.1. The van der Waals surface area contributed by atoms with Crippen LogP contribution in [-0.2, 0) is 34.4 Å². The van der Waals surface area contributed by atoms with Crippen LogP contribution in [0.3, 0.4) is 0 Å². The zero-order chi connectivity index (χ0) is 30.0. The maximum absolute atomic E-state index is 12.9. The molecule has 0 aliphatic rings. The fourth-order valence-corrected chi connectivity index (χ4v) is 5.49. The van der Waals surface area contributed by atoms with Crippen LogP contribution in [0.2, 0.25) is 10.0 Å². The smallest absolute Gasteiger partial charge is 0.303 e. The Morgan fingerprint density at radius 1 is 0.976 bits per heavy atom. The number of unbranched alkanes of at least 4 members (excludes halogenated alkanes) is 1. The number of aliphatic carboxylic acids is 1. The van der Waals surface area contributed by atoms with E-state index in [0.717, 1.165) is 5.56 Å². The number of rotatable bonds is 15. The first-order chi connectivity index (χ1) is 19.5. The summed E-state index contributed by atoms with van der Waals surface area (Å²) < 4.78 is 39.1. The predicted octanol–water partition coefficient (Wildman–Crippen LogP) is 4.69. The number of carbonyl (C=O) groups excluding carboxylic acids is 1. The van der Waals surface area contributed by atoms with Crippen LogP contribution in [0.1, 0.15) is 47.8 Å². The number of aromatic nitrogens is 1. The zero-order valence-electron chi connectivity index (χ0n) is 22.3. The van der Waals surface area contributed by atoms with Crippen molar-refractivity contribution < 1.29 is 32.6 Å². The van der Waals surface area contributed by atoms with Crippen molar-refractivity contribution in [3.63, 3.8) is 0 Å². The van der Waals surface area contributed by atoms with Gasteiger partial charge in [0.25, 0.3) is 11.5 Å². The summed E-state index contributed by atoms with van der Waals surface area (Å²) in [6.07, 6.45) is 0.547.